The van der Waals surface area contributed by atoms with E-state index in [-0.39, 0.29) is 41.4 Å². The fraction of sp³-hybridized carbons (Fsp3) is 0.500. The third-order valence-corrected chi connectivity index (χ3v) is 6.60. The average Bonchev–Trinajstić information content (AvgIpc) is 3.56. The maximum absolute atomic E-state index is 15.3. The fourth-order valence-corrected chi connectivity index (χ4v) is 4.85. The van der Waals surface area contributed by atoms with Crippen molar-refractivity contribution in [3.63, 3.8) is 0 Å². The van der Waals surface area contributed by atoms with Crippen LogP contribution >= 0.6 is 11.6 Å². The van der Waals surface area contributed by atoms with Gasteiger partial charge < -0.3 is 24.7 Å². The molecule has 1 atom stereocenters. The van der Waals surface area contributed by atoms with Gasteiger partial charge >= 0.3 is 11.9 Å². The van der Waals surface area contributed by atoms with Crippen molar-refractivity contribution in [3.05, 3.63) is 38.9 Å². The highest BCUT2D eigenvalue weighted by atomic mass is 35.5. The van der Waals surface area contributed by atoms with Gasteiger partial charge in [-0.2, -0.15) is 0 Å². The molecule has 2 aliphatic rings. The lowest BCUT2D eigenvalue weighted by Gasteiger charge is -2.23. The number of halogens is 2. The Kier molecular flexibility index (Phi) is 7.14. The molecule has 1 aromatic carbocycles. The van der Waals surface area contributed by atoms with Gasteiger partial charge in [0.2, 0.25) is 5.92 Å². The summed E-state index contributed by atoms with van der Waals surface area (Å²) in [5, 5.41) is -0.0478. The SMILES string of the molecule is CCOC(=O)C(C(=O)OCC)C(=O)c1cn(C2CC2)c2c(Cl)c(N3CC[C@@H](N)C3)c(F)cc2c1=O. The van der Waals surface area contributed by atoms with Gasteiger partial charge in [-0.1, -0.05) is 11.6 Å². The predicted octanol–water partition coefficient (Wildman–Crippen LogP) is 2.59. The van der Waals surface area contributed by atoms with Gasteiger partial charge in [0.25, 0.3) is 0 Å². The van der Waals surface area contributed by atoms with E-state index in [0.29, 0.717) is 25.0 Å². The lowest BCUT2D eigenvalue weighted by atomic mass is 9.96. The number of hydrogen-bond acceptors (Lipinski definition) is 8. The second kappa shape index (κ2) is 9.94. The second-order valence-corrected chi connectivity index (χ2v) is 9.10. The quantitative estimate of drug-likeness (QED) is 0.329. The molecule has 2 fully saturated rings. The van der Waals surface area contributed by atoms with E-state index >= 15 is 4.39 Å². The maximum Gasteiger partial charge on any atom is 0.328 e. The Labute approximate surface area is 205 Å². The number of Topliss-reactive ketones (excluding diaryl/α,β-unsaturated/α-hetero) is 1. The van der Waals surface area contributed by atoms with Crippen LogP contribution in [0.3, 0.4) is 0 Å². The zero-order valence-electron chi connectivity index (χ0n) is 19.5. The van der Waals surface area contributed by atoms with Crippen LogP contribution in [0.2, 0.25) is 5.02 Å². The molecule has 0 amide bonds. The molecule has 0 bridgehead atoms. The van der Waals surface area contributed by atoms with E-state index in [4.69, 9.17) is 26.8 Å². The highest BCUT2D eigenvalue weighted by Crippen LogP contribution is 2.42. The van der Waals surface area contributed by atoms with Gasteiger partial charge in [-0.05, 0) is 39.2 Å². The second-order valence-electron chi connectivity index (χ2n) is 8.72. The van der Waals surface area contributed by atoms with Gasteiger partial charge in [0.15, 0.2) is 11.2 Å². The molecule has 1 aliphatic carbocycles. The van der Waals surface area contributed by atoms with Crippen molar-refractivity contribution in [2.24, 2.45) is 11.7 Å². The van der Waals surface area contributed by atoms with Crippen LogP contribution < -0.4 is 16.1 Å². The maximum atomic E-state index is 15.3. The third kappa shape index (κ3) is 4.64. The van der Waals surface area contributed by atoms with Crippen LogP contribution in [0.4, 0.5) is 10.1 Å². The van der Waals surface area contributed by atoms with Gasteiger partial charge in [0.1, 0.15) is 5.82 Å². The van der Waals surface area contributed by atoms with Gasteiger partial charge in [0, 0.05) is 31.4 Å². The molecule has 2 aromatic rings. The summed E-state index contributed by atoms with van der Waals surface area (Å²) in [5.41, 5.74) is 5.19. The monoisotopic (exact) mass is 507 g/mol. The molecular weight excluding hydrogens is 481 g/mol. The van der Waals surface area contributed by atoms with Gasteiger partial charge in [-0.25, -0.2) is 4.39 Å². The molecule has 1 saturated heterocycles. The molecule has 35 heavy (non-hydrogen) atoms. The number of ether oxygens (including phenoxy) is 2. The minimum absolute atomic E-state index is 0.0597. The Hall–Kier alpha value is -2.98. The third-order valence-electron chi connectivity index (χ3n) is 6.24. The van der Waals surface area contributed by atoms with Gasteiger partial charge in [-0.15, -0.1) is 0 Å². The molecular formula is C24H27ClFN3O6. The van der Waals surface area contributed by atoms with Crippen LogP contribution in [0, 0.1) is 11.7 Å². The zero-order valence-corrected chi connectivity index (χ0v) is 20.3. The normalized spacial score (nSPS) is 17.8. The first-order valence-corrected chi connectivity index (χ1v) is 12.0. The van der Waals surface area contributed by atoms with Crippen LogP contribution in [-0.4, -0.2) is 54.6 Å². The summed E-state index contributed by atoms with van der Waals surface area (Å²) in [6.07, 6.45) is 3.52. The number of carbonyl (C=O) groups is 3. The van der Waals surface area contributed by atoms with Crippen LogP contribution in [-0.2, 0) is 19.1 Å². The van der Waals surface area contributed by atoms with Crippen LogP contribution in [0.15, 0.2) is 17.1 Å². The minimum atomic E-state index is -1.96. The summed E-state index contributed by atoms with van der Waals surface area (Å²) in [4.78, 5) is 53.4. The molecule has 1 aromatic heterocycles. The van der Waals surface area contributed by atoms with Crippen molar-refractivity contribution in [1.82, 2.24) is 4.57 Å². The van der Waals surface area contributed by atoms with Gasteiger partial charge in [0.05, 0.1) is 40.4 Å². The number of carbonyl (C=O) groups excluding carboxylic acids is 3. The molecule has 0 unspecified atom stereocenters. The molecule has 4 rings (SSSR count). The molecule has 188 valence electrons. The van der Waals surface area contributed by atoms with E-state index in [2.05, 4.69) is 0 Å². The van der Waals surface area contributed by atoms with Crippen molar-refractivity contribution in [3.8, 4) is 0 Å². The zero-order chi connectivity index (χ0) is 25.4. The topological polar surface area (TPSA) is 121 Å². The Balaban J connectivity index is 1.89. The van der Waals surface area contributed by atoms with E-state index < -0.39 is 40.4 Å². The Morgan fingerprint density at radius 1 is 1.17 bits per heavy atom. The first-order valence-electron chi connectivity index (χ1n) is 11.6. The number of anilines is 1. The minimum Gasteiger partial charge on any atom is -0.465 e. The average molecular weight is 508 g/mol. The number of benzene rings is 1. The van der Waals surface area contributed by atoms with E-state index in [0.717, 1.165) is 18.9 Å². The number of nitrogens with zero attached hydrogens (tertiary/aromatic N) is 2. The van der Waals surface area contributed by atoms with E-state index in [9.17, 15) is 19.2 Å². The summed E-state index contributed by atoms with van der Waals surface area (Å²) >= 11 is 6.69. The lowest BCUT2D eigenvalue weighted by Crippen LogP contribution is -2.37. The Morgan fingerprint density at radius 2 is 1.80 bits per heavy atom. The number of hydrogen-bond donors (Lipinski definition) is 1. The number of fused-ring (bicyclic) bond motifs is 1. The standard InChI is InChI=1S/C24H27ClFN3O6/c1-3-34-23(32)17(24(33)35-4-2)22(31)15-11-29(13-5-6-13)19-14(21(15)30)9-16(26)20(18(19)25)28-8-7-12(27)10-28/h9,11-13,17H,3-8,10,27H2,1-2H3/t12-/m1/s1. The number of pyridine rings is 1. The summed E-state index contributed by atoms with van der Waals surface area (Å²) in [7, 11) is 0. The first kappa shape index (κ1) is 25.1. The highest BCUT2D eigenvalue weighted by molar-refractivity contribution is 6.38. The van der Waals surface area contributed by atoms with Crippen LogP contribution in [0.25, 0.3) is 10.9 Å². The number of esters is 2. The Bertz CT molecular complexity index is 1240. The summed E-state index contributed by atoms with van der Waals surface area (Å²) < 4.78 is 26.7. The summed E-state index contributed by atoms with van der Waals surface area (Å²) in [5.74, 6) is -5.96. The van der Waals surface area contributed by atoms with Crippen molar-refractivity contribution in [2.45, 2.75) is 45.2 Å². The van der Waals surface area contributed by atoms with Crippen molar-refractivity contribution < 1.29 is 28.2 Å². The van der Waals surface area contributed by atoms with E-state index in [1.807, 2.05) is 0 Å². The molecule has 1 saturated carbocycles. The summed E-state index contributed by atoms with van der Waals surface area (Å²) in [6, 6.07) is 0.877. The molecule has 1 aliphatic heterocycles. The number of aromatic nitrogens is 1. The largest absolute Gasteiger partial charge is 0.465 e. The molecule has 9 nitrogen and oxygen atoms in total. The first-order chi connectivity index (χ1) is 16.7. The van der Waals surface area contributed by atoms with Gasteiger partial charge in [-0.3, -0.25) is 19.2 Å². The van der Waals surface area contributed by atoms with E-state index in [1.165, 1.54) is 20.0 Å². The fourth-order valence-electron chi connectivity index (χ4n) is 4.44. The van der Waals surface area contributed by atoms with Crippen molar-refractivity contribution >= 4 is 45.9 Å². The van der Waals surface area contributed by atoms with Crippen molar-refractivity contribution in [1.29, 1.82) is 0 Å². The molecule has 11 heteroatoms. The molecule has 2 heterocycles. The molecule has 0 radical (unpaired) electrons. The smallest absolute Gasteiger partial charge is 0.328 e. The summed E-state index contributed by atoms with van der Waals surface area (Å²) in [6.45, 7) is 3.85. The predicted molar refractivity (Wildman–Crippen MR) is 127 cm³/mol. The lowest BCUT2D eigenvalue weighted by molar-refractivity contribution is -0.158. The molecule has 2 N–H and O–H groups in total. The van der Waals surface area contributed by atoms with E-state index in [1.54, 1.807) is 9.47 Å². The number of rotatable bonds is 8. The van der Waals surface area contributed by atoms with Crippen molar-refractivity contribution in [2.75, 3.05) is 31.2 Å². The van der Waals surface area contributed by atoms with Crippen LogP contribution in [0.5, 0.6) is 0 Å². The number of nitrogens with two attached hydrogens (primary N) is 1. The van der Waals surface area contributed by atoms with Crippen LogP contribution in [0.1, 0.15) is 49.5 Å². The Morgan fingerprint density at radius 3 is 2.31 bits per heavy atom. The number of ketones is 1. The molecule has 0 spiro atoms. The highest BCUT2D eigenvalue weighted by Gasteiger charge is 2.40.